The van der Waals surface area contributed by atoms with Crippen LogP contribution < -0.4 is 5.32 Å². The molecule has 1 aliphatic rings. The molecule has 0 aromatic carbocycles. The molecule has 0 aromatic rings. The van der Waals surface area contributed by atoms with E-state index in [0.717, 1.165) is 25.5 Å². The van der Waals surface area contributed by atoms with Crippen molar-refractivity contribution in [2.45, 2.75) is 71.4 Å². The van der Waals surface area contributed by atoms with E-state index in [0.29, 0.717) is 12.1 Å². The highest BCUT2D eigenvalue weighted by atomic mass is 16.5. The summed E-state index contributed by atoms with van der Waals surface area (Å²) in [4.78, 5) is 0. The molecule has 0 amide bonds. The molecule has 1 saturated carbocycles. The Morgan fingerprint density at radius 3 is 2.50 bits per heavy atom. The first-order valence-corrected chi connectivity index (χ1v) is 7.12. The van der Waals surface area contributed by atoms with E-state index in [1.54, 1.807) is 0 Å². The SMILES string of the molecule is CCCNC(COC(C)CC)C1CCCC1. The molecule has 0 bridgehead atoms. The number of ether oxygens (including phenoxy) is 1. The summed E-state index contributed by atoms with van der Waals surface area (Å²) in [7, 11) is 0. The Balaban J connectivity index is 2.30. The van der Waals surface area contributed by atoms with Crippen LogP contribution in [0.15, 0.2) is 0 Å². The predicted octanol–water partition coefficient (Wildman–Crippen LogP) is 3.36. The van der Waals surface area contributed by atoms with Crippen LogP contribution in [0.4, 0.5) is 0 Å². The van der Waals surface area contributed by atoms with E-state index in [1.807, 2.05) is 0 Å². The van der Waals surface area contributed by atoms with Crippen molar-refractivity contribution >= 4 is 0 Å². The van der Waals surface area contributed by atoms with Crippen LogP contribution in [0.1, 0.15) is 59.3 Å². The number of rotatable bonds is 8. The molecular weight excluding hydrogens is 198 g/mol. The van der Waals surface area contributed by atoms with Gasteiger partial charge in [0.05, 0.1) is 12.7 Å². The van der Waals surface area contributed by atoms with Crippen LogP contribution in [-0.2, 0) is 4.74 Å². The highest BCUT2D eigenvalue weighted by Crippen LogP contribution is 2.28. The van der Waals surface area contributed by atoms with Crippen molar-refractivity contribution in [3.8, 4) is 0 Å². The maximum absolute atomic E-state index is 5.90. The van der Waals surface area contributed by atoms with E-state index in [1.165, 1.54) is 32.1 Å². The predicted molar refractivity (Wildman–Crippen MR) is 69.7 cm³/mol. The summed E-state index contributed by atoms with van der Waals surface area (Å²) in [6, 6.07) is 0.594. The fraction of sp³-hybridized carbons (Fsp3) is 1.00. The van der Waals surface area contributed by atoms with E-state index in [9.17, 15) is 0 Å². The summed E-state index contributed by atoms with van der Waals surface area (Å²) in [5, 5.41) is 3.67. The normalized spacial score (nSPS) is 21.2. The molecule has 96 valence electrons. The number of hydrogen-bond donors (Lipinski definition) is 1. The maximum Gasteiger partial charge on any atom is 0.0625 e. The first kappa shape index (κ1) is 14.0. The van der Waals surface area contributed by atoms with Crippen molar-refractivity contribution in [2.24, 2.45) is 5.92 Å². The van der Waals surface area contributed by atoms with Crippen LogP contribution >= 0.6 is 0 Å². The van der Waals surface area contributed by atoms with Crippen molar-refractivity contribution in [3.05, 3.63) is 0 Å². The highest BCUT2D eigenvalue weighted by molar-refractivity contribution is 4.80. The van der Waals surface area contributed by atoms with Gasteiger partial charge in [0.2, 0.25) is 0 Å². The molecule has 0 aromatic heterocycles. The minimum absolute atomic E-state index is 0.410. The average molecular weight is 227 g/mol. The molecule has 2 nitrogen and oxygen atoms in total. The Kier molecular flexibility index (Phi) is 7.06. The van der Waals surface area contributed by atoms with E-state index >= 15 is 0 Å². The van der Waals surface area contributed by atoms with Gasteiger partial charge in [0.25, 0.3) is 0 Å². The van der Waals surface area contributed by atoms with Gasteiger partial charge in [0.1, 0.15) is 0 Å². The summed E-state index contributed by atoms with van der Waals surface area (Å²) in [5.74, 6) is 0.857. The molecule has 1 N–H and O–H groups in total. The van der Waals surface area contributed by atoms with Crippen LogP contribution in [-0.4, -0.2) is 25.3 Å². The third-order valence-electron chi connectivity index (χ3n) is 3.76. The molecule has 0 spiro atoms. The average Bonchev–Trinajstić information content (AvgIpc) is 2.82. The van der Waals surface area contributed by atoms with Crippen molar-refractivity contribution in [1.82, 2.24) is 5.32 Å². The van der Waals surface area contributed by atoms with Gasteiger partial charge < -0.3 is 10.1 Å². The largest absolute Gasteiger partial charge is 0.377 e. The molecule has 1 fully saturated rings. The van der Waals surface area contributed by atoms with E-state index in [2.05, 4.69) is 26.1 Å². The van der Waals surface area contributed by atoms with Gasteiger partial charge in [-0.15, -0.1) is 0 Å². The van der Waals surface area contributed by atoms with E-state index in [-0.39, 0.29) is 0 Å². The smallest absolute Gasteiger partial charge is 0.0625 e. The summed E-state index contributed by atoms with van der Waals surface area (Å²) in [5.41, 5.74) is 0. The highest BCUT2D eigenvalue weighted by Gasteiger charge is 2.24. The van der Waals surface area contributed by atoms with Gasteiger partial charge in [-0.05, 0) is 45.1 Å². The zero-order chi connectivity index (χ0) is 11.8. The molecule has 2 atom stereocenters. The first-order valence-electron chi connectivity index (χ1n) is 7.12. The first-order chi connectivity index (χ1) is 7.77. The summed E-state index contributed by atoms with van der Waals surface area (Å²) in [6.45, 7) is 8.62. The van der Waals surface area contributed by atoms with Crippen LogP contribution in [0.3, 0.4) is 0 Å². The topological polar surface area (TPSA) is 21.3 Å². The van der Waals surface area contributed by atoms with Crippen molar-refractivity contribution < 1.29 is 4.74 Å². The van der Waals surface area contributed by atoms with Crippen molar-refractivity contribution in [2.75, 3.05) is 13.2 Å². The third kappa shape index (κ3) is 4.84. The Labute approximate surface area is 101 Å². The van der Waals surface area contributed by atoms with Gasteiger partial charge in [-0.25, -0.2) is 0 Å². The van der Waals surface area contributed by atoms with Crippen LogP contribution in [0.25, 0.3) is 0 Å². The van der Waals surface area contributed by atoms with Crippen molar-refractivity contribution in [1.29, 1.82) is 0 Å². The fourth-order valence-electron chi connectivity index (χ4n) is 2.44. The van der Waals surface area contributed by atoms with E-state index < -0.39 is 0 Å². The summed E-state index contributed by atoms with van der Waals surface area (Å²) in [6.07, 6.45) is 8.36. The van der Waals surface area contributed by atoms with Gasteiger partial charge in [0, 0.05) is 6.04 Å². The lowest BCUT2D eigenvalue weighted by atomic mass is 9.98. The lowest BCUT2D eigenvalue weighted by Gasteiger charge is -2.26. The Morgan fingerprint density at radius 1 is 1.25 bits per heavy atom. The molecule has 0 saturated heterocycles. The van der Waals surface area contributed by atoms with Gasteiger partial charge in [0.15, 0.2) is 0 Å². The second-order valence-electron chi connectivity index (χ2n) is 5.16. The molecule has 1 aliphatic carbocycles. The van der Waals surface area contributed by atoms with Gasteiger partial charge in [-0.1, -0.05) is 26.7 Å². The lowest BCUT2D eigenvalue weighted by Crippen LogP contribution is -2.40. The molecule has 2 unspecified atom stereocenters. The minimum atomic E-state index is 0.410. The molecular formula is C14H29NO. The monoisotopic (exact) mass is 227 g/mol. The number of hydrogen-bond acceptors (Lipinski definition) is 2. The fourth-order valence-corrected chi connectivity index (χ4v) is 2.44. The quantitative estimate of drug-likeness (QED) is 0.686. The van der Waals surface area contributed by atoms with Gasteiger partial charge >= 0.3 is 0 Å². The van der Waals surface area contributed by atoms with Crippen LogP contribution in [0.2, 0.25) is 0 Å². The second kappa shape index (κ2) is 8.08. The van der Waals surface area contributed by atoms with E-state index in [4.69, 9.17) is 4.74 Å². The summed E-state index contributed by atoms with van der Waals surface area (Å²) >= 11 is 0. The molecule has 2 heteroatoms. The van der Waals surface area contributed by atoms with Crippen molar-refractivity contribution in [3.63, 3.8) is 0 Å². The lowest BCUT2D eigenvalue weighted by molar-refractivity contribution is 0.0363. The molecule has 0 heterocycles. The van der Waals surface area contributed by atoms with Gasteiger partial charge in [-0.2, -0.15) is 0 Å². The Bertz CT molecular complexity index is 166. The van der Waals surface area contributed by atoms with Gasteiger partial charge in [-0.3, -0.25) is 0 Å². The van der Waals surface area contributed by atoms with Crippen LogP contribution in [0, 0.1) is 5.92 Å². The molecule has 0 radical (unpaired) electrons. The minimum Gasteiger partial charge on any atom is -0.377 e. The summed E-state index contributed by atoms with van der Waals surface area (Å²) < 4.78 is 5.90. The Hall–Kier alpha value is -0.0800. The molecule has 0 aliphatic heterocycles. The second-order valence-corrected chi connectivity index (χ2v) is 5.16. The molecule has 16 heavy (non-hydrogen) atoms. The zero-order valence-electron chi connectivity index (χ0n) is 11.3. The Morgan fingerprint density at radius 2 is 1.94 bits per heavy atom. The molecule has 1 rings (SSSR count). The van der Waals surface area contributed by atoms with Crippen LogP contribution in [0.5, 0.6) is 0 Å². The zero-order valence-corrected chi connectivity index (χ0v) is 11.3. The standard InChI is InChI=1S/C14H29NO/c1-4-10-15-14(11-16-12(3)5-2)13-8-6-7-9-13/h12-15H,4-11H2,1-3H3. The number of nitrogens with one attached hydrogen (secondary N) is 1. The third-order valence-corrected chi connectivity index (χ3v) is 3.76. The maximum atomic E-state index is 5.90.